The van der Waals surface area contributed by atoms with Crippen LogP contribution in [0.25, 0.3) is 16.8 Å². The maximum absolute atomic E-state index is 6.22. The normalized spacial score (nSPS) is 16.1. The van der Waals surface area contributed by atoms with E-state index in [-0.39, 0.29) is 5.28 Å². The van der Waals surface area contributed by atoms with Gasteiger partial charge in [0, 0.05) is 31.3 Å². The number of benzene rings is 2. The molecule has 0 aliphatic carbocycles. The molecule has 3 heterocycles. The summed E-state index contributed by atoms with van der Waals surface area (Å²) < 4.78 is 13.4. The summed E-state index contributed by atoms with van der Waals surface area (Å²) in [4.78, 5) is 0. The Hall–Kier alpha value is -3.00. The summed E-state index contributed by atoms with van der Waals surface area (Å²) in [6.07, 6.45) is 2.57. The monoisotopic (exact) mass is 435 g/mol. The van der Waals surface area contributed by atoms with Gasteiger partial charge in [0.05, 0.1) is 6.10 Å². The molecule has 1 aliphatic rings. The molecule has 31 heavy (non-hydrogen) atoms. The van der Waals surface area contributed by atoms with Gasteiger partial charge in [-0.1, -0.05) is 42.5 Å². The minimum absolute atomic E-state index is 0.191. The van der Waals surface area contributed by atoms with Crippen LogP contribution in [0.15, 0.2) is 60.7 Å². The third kappa shape index (κ3) is 4.54. The van der Waals surface area contributed by atoms with E-state index in [9.17, 15) is 0 Å². The smallest absolute Gasteiger partial charge is 0.246 e. The molecule has 1 atom stereocenters. The van der Waals surface area contributed by atoms with Crippen LogP contribution in [0.4, 0.5) is 0 Å². The summed E-state index contributed by atoms with van der Waals surface area (Å²) >= 11 is 6.06. The minimum Gasteiger partial charge on any atom is -0.437 e. The van der Waals surface area contributed by atoms with E-state index in [2.05, 4.69) is 44.9 Å². The lowest BCUT2D eigenvalue weighted by Gasteiger charge is -2.14. The molecule has 5 rings (SSSR count). The van der Waals surface area contributed by atoms with Crippen molar-refractivity contribution in [3.8, 4) is 22.8 Å². The van der Waals surface area contributed by atoms with Crippen molar-refractivity contribution in [1.82, 2.24) is 25.1 Å². The van der Waals surface area contributed by atoms with Gasteiger partial charge in [0.25, 0.3) is 0 Å². The lowest BCUT2D eigenvalue weighted by molar-refractivity contribution is 0.110. The van der Waals surface area contributed by atoms with Crippen LogP contribution in [-0.4, -0.2) is 39.1 Å². The maximum atomic E-state index is 6.22. The van der Waals surface area contributed by atoms with Gasteiger partial charge < -0.3 is 14.8 Å². The zero-order valence-corrected chi connectivity index (χ0v) is 17.6. The van der Waals surface area contributed by atoms with Crippen molar-refractivity contribution in [2.24, 2.45) is 0 Å². The number of nitrogens with one attached hydrogen (secondary N) is 1. The van der Waals surface area contributed by atoms with Crippen molar-refractivity contribution >= 4 is 17.2 Å². The van der Waals surface area contributed by atoms with Crippen molar-refractivity contribution in [3.05, 3.63) is 71.5 Å². The second-order valence-electron chi connectivity index (χ2n) is 7.48. The summed E-state index contributed by atoms with van der Waals surface area (Å²) in [5, 5.41) is 15.9. The number of hydrogen-bond acceptors (Lipinski definition) is 6. The zero-order valence-electron chi connectivity index (χ0n) is 16.9. The van der Waals surface area contributed by atoms with E-state index in [1.165, 1.54) is 4.52 Å². The van der Waals surface area contributed by atoms with Crippen LogP contribution in [0, 0.1) is 0 Å². The molecule has 1 aliphatic heterocycles. The molecular formula is C23H22ClN5O2. The van der Waals surface area contributed by atoms with Gasteiger partial charge in [-0.05, 0) is 47.7 Å². The van der Waals surface area contributed by atoms with E-state index in [0.717, 1.165) is 55.0 Å². The van der Waals surface area contributed by atoms with Gasteiger partial charge in [-0.2, -0.15) is 4.52 Å². The topological polar surface area (TPSA) is 73.6 Å². The summed E-state index contributed by atoms with van der Waals surface area (Å²) in [6, 6.07) is 19.9. The number of halogens is 1. The highest BCUT2D eigenvalue weighted by molar-refractivity contribution is 6.28. The van der Waals surface area contributed by atoms with Gasteiger partial charge in [0.2, 0.25) is 11.2 Å². The minimum atomic E-state index is 0.191. The molecule has 0 bridgehead atoms. The predicted molar refractivity (Wildman–Crippen MR) is 118 cm³/mol. The molecule has 1 unspecified atom stereocenters. The highest BCUT2D eigenvalue weighted by Gasteiger charge is 2.15. The molecule has 2 aromatic heterocycles. The van der Waals surface area contributed by atoms with Crippen molar-refractivity contribution in [1.29, 1.82) is 0 Å². The molecule has 1 saturated heterocycles. The van der Waals surface area contributed by atoms with Crippen molar-refractivity contribution in [2.75, 3.05) is 13.2 Å². The standard InChI is InChI=1S/C23H22ClN5O2/c24-23-27-26-21-10-11-22(28-29(21)23)31-20-13-16(14-25-15-18-7-4-12-30-18)8-9-19(20)17-5-2-1-3-6-17/h1-3,5-6,8-11,13,18,25H,4,7,12,14-15H2. The van der Waals surface area contributed by atoms with E-state index in [4.69, 9.17) is 21.1 Å². The first-order valence-electron chi connectivity index (χ1n) is 10.3. The maximum Gasteiger partial charge on any atom is 0.246 e. The summed E-state index contributed by atoms with van der Waals surface area (Å²) in [6.45, 7) is 2.44. The summed E-state index contributed by atoms with van der Waals surface area (Å²) in [7, 11) is 0. The van der Waals surface area contributed by atoms with Crippen molar-refractivity contribution < 1.29 is 9.47 Å². The Morgan fingerprint density at radius 1 is 1.10 bits per heavy atom. The number of fused-ring (bicyclic) bond motifs is 1. The fourth-order valence-electron chi connectivity index (χ4n) is 3.71. The number of nitrogens with zero attached hydrogens (tertiary/aromatic N) is 4. The first-order chi connectivity index (χ1) is 15.3. The summed E-state index contributed by atoms with van der Waals surface area (Å²) in [5.74, 6) is 1.13. The third-order valence-corrected chi connectivity index (χ3v) is 5.51. The quantitative estimate of drug-likeness (QED) is 0.460. The molecule has 0 radical (unpaired) electrons. The Kier molecular flexibility index (Phi) is 5.80. The molecule has 1 fully saturated rings. The molecule has 8 heteroatoms. The third-order valence-electron chi connectivity index (χ3n) is 5.27. The molecule has 7 nitrogen and oxygen atoms in total. The second-order valence-corrected chi connectivity index (χ2v) is 7.81. The Labute approximate surface area is 185 Å². The number of ether oxygens (including phenoxy) is 2. The lowest BCUT2D eigenvalue weighted by Crippen LogP contribution is -2.25. The van der Waals surface area contributed by atoms with Gasteiger partial charge in [-0.15, -0.1) is 15.3 Å². The largest absolute Gasteiger partial charge is 0.437 e. The van der Waals surface area contributed by atoms with Crippen molar-refractivity contribution in [2.45, 2.75) is 25.5 Å². The van der Waals surface area contributed by atoms with Gasteiger partial charge in [0.1, 0.15) is 5.75 Å². The Bertz CT molecular complexity index is 1180. The van der Waals surface area contributed by atoms with Gasteiger partial charge in [0.15, 0.2) is 5.65 Å². The molecule has 0 saturated carbocycles. The highest BCUT2D eigenvalue weighted by atomic mass is 35.5. The molecule has 4 aromatic rings. The van der Waals surface area contributed by atoms with Crippen LogP contribution in [-0.2, 0) is 11.3 Å². The molecular weight excluding hydrogens is 414 g/mol. The molecule has 1 N–H and O–H groups in total. The van der Waals surface area contributed by atoms with Gasteiger partial charge in [-0.25, -0.2) is 0 Å². The van der Waals surface area contributed by atoms with E-state index >= 15 is 0 Å². The SMILES string of the molecule is Clc1nnc2ccc(Oc3cc(CNCC4CCCO4)ccc3-c3ccccc3)nn12. The first-order valence-corrected chi connectivity index (χ1v) is 10.7. The van der Waals surface area contributed by atoms with E-state index in [1.54, 1.807) is 12.1 Å². The fraction of sp³-hybridized carbons (Fsp3) is 0.261. The lowest BCUT2D eigenvalue weighted by atomic mass is 10.0. The van der Waals surface area contributed by atoms with Crippen LogP contribution in [0.5, 0.6) is 11.6 Å². The average Bonchev–Trinajstić information content (AvgIpc) is 3.45. The van der Waals surface area contributed by atoms with E-state index < -0.39 is 0 Å². The van der Waals surface area contributed by atoms with Crippen LogP contribution in [0.3, 0.4) is 0 Å². The second kappa shape index (κ2) is 9.01. The van der Waals surface area contributed by atoms with Crippen molar-refractivity contribution in [3.63, 3.8) is 0 Å². The average molecular weight is 436 g/mol. The van der Waals surface area contributed by atoms with Crippen LogP contribution in [0.2, 0.25) is 5.28 Å². The molecule has 0 amide bonds. The molecule has 2 aromatic carbocycles. The Balaban J connectivity index is 1.42. The predicted octanol–water partition coefficient (Wildman–Crippen LogP) is 4.51. The number of aromatic nitrogens is 4. The fourth-order valence-corrected chi connectivity index (χ4v) is 3.88. The number of hydrogen-bond donors (Lipinski definition) is 1. The summed E-state index contributed by atoms with van der Waals surface area (Å²) in [5.41, 5.74) is 3.74. The van der Waals surface area contributed by atoms with Gasteiger partial charge in [-0.3, -0.25) is 0 Å². The Morgan fingerprint density at radius 2 is 2.00 bits per heavy atom. The molecule has 0 spiro atoms. The zero-order chi connectivity index (χ0) is 21.0. The van der Waals surface area contributed by atoms with E-state index in [0.29, 0.717) is 17.6 Å². The Morgan fingerprint density at radius 3 is 2.84 bits per heavy atom. The highest BCUT2D eigenvalue weighted by Crippen LogP contribution is 2.34. The van der Waals surface area contributed by atoms with Crippen LogP contribution >= 0.6 is 11.6 Å². The van der Waals surface area contributed by atoms with Gasteiger partial charge >= 0.3 is 0 Å². The van der Waals surface area contributed by atoms with E-state index in [1.807, 2.05) is 24.3 Å². The molecule has 158 valence electrons. The van der Waals surface area contributed by atoms with Crippen LogP contribution in [0.1, 0.15) is 18.4 Å². The number of rotatable bonds is 7. The van der Waals surface area contributed by atoms with Crippen LogP contribution < -0.4 is 10.1 Å². The first kappa shape index (κ1) is 19.9.